The van der Waals surface area contributed by atoms with Crippen molar-refractivity contribution in [3.63, 3.8) is 0 Å². The Hall–Kier alpha value is -0.530. The van der Waals surface area contributed by atoms with Gasteiger partial charge in [-0.15, -0.1) is 0 Å². The van der Waals surface area contributed by atoms with Crippen molar-refractivity contribution in [3.8, 4) is 0 Å². The molecule has 2 saturated carbocycles. The zero-order valence-electron chi connectivity index (χ0n) is 7.33. The second kappa shape index (κ2) is 2.48. The van der Waals surface area contributed by atoms with E-state index in [9.17, 15) is 0 Å². The normalized spacial score (nSPS) is 44.7. The lowest BCUT2D eigenvalue weighted by molar-refractivity contribution is 0.291. The third-order valence-corrected chi connectivity index (χ3v) is 3.66. The van der Waals surface area contributed by atoms with Gasteiger partial charge in [-0.2, -0.15) is 0 Å². The summed E-state index contributed by atoms with van der Waals surface area (Å²) in [6.45, 7) is 1.74. The van der Waals surface area contributed by atoms with Crippen LogP contribution in [0.1, 0.15) is 25.7 Å². The lowest BCUT2D eigenvalue weighted by Crippen LogP contribution is -2.21. The molecule has 0 aromatic carbocycles. The van der Waals surface area contributed by atoms with Gasteiger partial charge in [0.1, 0.15) is 6.61 Å². The fourth-order valence-electron chi connectivity index (χ4n) is 3.12. The van der Waals surface area contributed by atoms with E-state index in [2.05, 4.69) is 4.99 Å². The van der Waals surface area contributed by atoms with E-state index < -0.39 is 0 Å². The zero-order valence-corrected chi connectivity index (χ0v) is 7.33. The van der Waals surface area contributed by atoms with Gasteiger partial charge in [-0.3, -0.25) is 4.99 Å². The Morgan fingerprint density at radius 2 is 2.25 bits per heavy atom. The molecule has 66 valence electrons. The number of rotatable bonds is 1. The van der Waals surface area contributed by atoms with Gasteiger partial charge in [0.2, 0.25) is 0 Å². The Bertz CT molecular complexity index is 224. The first-order chi connectivity index (χ1) is 5.93. The van der Waals surface area contributed by atoms with Gasteiger partial charge < -0.3 is 4.74 Å². The maximum Gasteiger partial charge on any atom is 0.186 e. The van der Waals surface area contributed by atoms with E-state index in [4.69, 9.17) is 4.74 Å². The van der Waals surface area contributed by atoms with Crippen LogP contribution in [0, 0.1) is 17.8 Å². The molecule has 0 radical (unpaired) electrons. The Morgan fingerprint density at radius 1 is 1.25 bits per heavy atom. The summed E-state index contributed by atoms with van der Waals surface area (Å²) in [5.74, 6) is 3.74. The van der Waals surface area contributed by atoms with Crippen LogP contribution in [0.3, 0.4) is 0 Å². The van der Waals surface area contributed by atoms with Crippen LogP contribution in [0.5, 0.6) is 0 Å². The van der Waals surface area contributed by atoms with E-state index in [0.29, 0.717) is 5.92 Å². The number of fused-ring (bicyclic) bond motifs is 2. The fourth-order valence-corrected chi connectivity index (χ4v) is 3.12. The fraction of sp³-hybridized carbons (Fsp3) is 0.900. The minimum atomic E-state index is 0.714. The summed E-state index contributed by atoms with van der Waals surface area (Å²) < 4.78 is 5.54. The molecule has 0 aromatic heterocycles. The second-order valence-electron chi connectivity index (χ2n) is 4.35. The van der Waals surface area contributed by atoms with E-state index in [0.717, 1.165) is 30.9 Å². The van der Waals surface area contributed by atoms with Crippen molar-refractivity contribution in [2.75, 3.05) is 13.2 Å². The monoisotopic (exact) mass is 165 g/mol. The summed E-state index contributed by atoms with van der Waals surface area (Å²) in [5, 5.41) is 0. The van der Waals surface area contributed by atoms with Crippen molar-refractivity contribution >= 4 is 5.90 Å². The van der Waals surface area contributed by atoms with Crippen molar-refractivity contribution in [2.24, 2.45) is 22.7 Å². The lowest BCUT2D eigenvalue weighted by Gasteiger charge is -2.20. The summed E-state index contributed by atoms with van der Waals surface area (Å²) in [6.07, 6.45) is 5.71. The van der Waals surface area contributed by atoms with Crippen LogP contribution in [-0.2, 0) is 4.74 Å². The van der Waals surface area contributed by atoms with Crippen LogP contribution in [0.4, 0.5) is 0 Å². The average molecular weight is 165 g/mol. The molecule has 3 rings (SSSR count). The van der Waals surface area contributed by atoms with Gasteiger partial charge in [-0.25, -0.2) is 0 Å². The molecule has 2 fully saturated rings. The molecule has 3 atom stereocenters. The maximum absolute atomic E-state index is 5.54. The molecular weight excluding hydrogens is 150 g/mol. The minimum absolute atomic E-state index is 0.714. The van der Waals surface area contributed by atoms with Crippen LogP contribution in [0.15, 0.2) is 4.99 Å². The van der Waals surface area contributed by atoms with Crippen molar-refractivity contribution in [2.45, 2.75) is 25.7 Å². The van der Waals surface area contributed by atoms with Gasteiger partial charge in [0.25, 0.3) is 0 Å². The Kier molecular flexibility index (Phi) is 1.43. The summed E-state index contributed by atoms with van der Waals surface area (Å²) in [6, 6.07) is 0. The zero-order chi connectivity index (χ0) is 7.97. The second-order valence-corrected chi connectivity index (χ2v) is 4.35. The SMILES string of the molecule is C1COC([C@H]2C[C@@H]3CC[C@H]2C3)=N1. The number of hydrogen-bond acceptors (Lipinski definition) is 2. The molecule has 0 spiro atoms. The first kappa shape index (κ1) is 6.93. The predicted molar refractivity (Wildman–Crippen MR) is 47.2 cm³/mol. The van der Waals surface area contributed by atoms with Crippen LogP contribution in [0.2, 0.25) is 0 Å². The highest BCUT2D eigenvalue weighted by atomic mass is 16.5. The molecular formula is C10H15NO. The van der Waals surface area contributed by atoms with Gasteiger partial charge >= 0.3 is 0 Å². The minimum Gasteiger partial charge on any atom is -0.479 e. The van der Waals surface area contributed by atoms with E-state index >= 15 is 0 Å². The van der Waals surface area contributed by atoms with Crippen LogP contribution in [0.25, 0.3) is 0 Å². The molecule has 3 aliphatic rings. The molecule has 0 N–H and O–H groups in total. The summed E-state index contributed by atoms with van der Waals surface area (Å²) >= 11 is 0. The molecule has 1 aliphatic heterocycles. The summed E-state index contributed by atoms with van der Waals surface area (Å²) in [7, 11) is 0. The number of ether oxygens (including phenoxy) is 1. The Labute approximate surface area is 73.0 Å². The first-order valence-electron chi connectivity index (χ1n) is 5.10. The van der Waals surface area contributed by atoms with Gasteiger partial charge in [0.05, 0.1) is 6.54 Å². The molecule has 2 bridgehead atoms. The van der Waals surface area contributed by atoms with Crippen LogP contribution >= 0.6 is 0 Å². The molecule has 0 unspecified atom stereocenters. The van der Waals surface area contributed by atoms with E-state index in [1.54, 1.807) is 0 Å². The van der Waals surface area contributed by atoms with Crippen molar-refractivity contribution in [1.82, 2.24) is 0 Å². The standard InChI is InChI=1S/C10H15NO/c1-2-8-5-7(1)6-9(8)10-11-3-4-12-10/h7-9H,1-6H2/t7-,8+,9+/m1/s1. The Balaban J connectivity index is 1.77. The summed E-state index contributed by atoms with van der Waals surface area (Å²) in [4.78, 5) is 4.43. The predicted octanol–water partition coefficient (Wildman–Crippen LogP) is 1.85. The number of nitrogens with zero attached hydrogens (tertiary/aromatic N) is 1. The number of aliphatic imine (C=N–C) groups is 1. The van der Waals surface area contributed by atoms with Crippen molar-refractivity contribution in [3.05, 3.63) is 0 Å². The van der Waals surface area contributed by atoms with Crippen LogP contribution < -0.4 is 0 Å². The highest BCUT2D eigenvalue weighted by Crippen LogP contribution is 2.49. The molecule has 0 amide bonds. The van der Waals surface area contributed by atoms with E-state index in [-0.39, 0.29) is 0 Å². The maximum atomic E-state index is 5.54. The molecule has 2 heteroatoms. The molecule has 0 aromatic rings. The quantitative estimate of drug-likeness (QED) is 0.581. The smallest absolute Gasteiger partial charge is 0.186 e. The van der Waals surface area contributed by atoms with Gasteiger partial charge in [-0.1, -0.05) is 6.42 Å². The molecule has 0 saturated heterocycles. The van der Waals surface area contributed by atoms with Crippen LogP contribution in [-0.4, -0.2) is 19.0 Å². The highest BCUT2D eigenvalue weighted by molar-refractivity contribution is 5.80. The topological polar surface area (TPSA) is 21.6 Å². The Morgan fingerprint density at radius 3 is 2.83 bits per heavy atom. The van der Waals surface area contributed by atoms with E-state index in [1.807, 2.05) is 0 Å². The summed E-state index contributed by atoms with van der Waals surface area (Å²) in [5.41, 5.74) is 0. The van der Waals surface area contributed by atoms with Gasteiger partial charge in [-0.05, 0) is 31.1 Å². The van der Waals surface area contributed by atoms with Gasteiger partial charge in [0.15, 0.2) is 5.90 Å². The van der Waals surface area contributed by atoms with Crippen molar-refractivity contribution < 1.29 is 4.74 Å². The highest BCUT2D eigenvalue weighted by Gasteiger charge is 2.43. The average Bonchev–Trinajstić information content (AvgIpc) is 2.81. The third-order valence-electron chi connectivity index (χ3n) is 3.66. The first-order valence-corrected chi connectivity index (χ1v) is 5.10. The largest absolute Gasteiger partial charge is 0.479 e. The lowest BCUT2D eigenvalue weighted by atomic mass is 9.89. The van der Waals surface area contributed by atoms with E-state index in [1.165, 1.54) is 25.7 Å². The molecule has 2 nitrogen and oxygen atoms in total. The molecule has 1 heterocycles. The molecule has 12 heavy (non-hydrogen) atoms. The number of hydrogen-bond donors (Lipinski definition) is 0. The van der Waals surface area contributed by atoms with Gasteiger partial charge in [0, 0.05) is 5.92 Å². The van der Waals surface area contributed by atoms with Crippen molar-refractivity contribution in [1.29, 1.82) is 0 Å². The third kappa shape index (κ3) is 0.900. The molecule has 2 aliphatic carbocycles.